The smallest absolute Gasteiger partial charge is 0.305 e. The molecular weight excluding hydrogens is 318 g/mol. The summed E-state index contributed by atoms with van der Waals surface area (Å²) in [5.41, 5.74) is -0.345. The number of carboxylic acids is 1. The number of aliphatic carboxylic acids is 1. The number of benzene rings is 1. The zero-order chi connectivity index (χ0) is 15.7. The Morgan fingerprint density at radius 1 is 1.52 bits per heavy atom. The summed E-state index contributed by atoms with van der Waals surface area (Å²) < 4.78 is 32.5. The number of rotatable bonds is 5. The summed E-state index contributed by atoms with van der Waals surface area (Å²) in [4.78, 5) is 11.0. The lowest BCUT2D eigenvalue weighted by atomic mass is 9.96. The third kappa shape index (κ3) is 3.74. The fourth-order valence-corrected chi connectivity index (χ4v) is 3.92. The summed E-state index contributed by atoms with van der Waals surface area (Å²) in [6.07, 6.45) is -0.00997. The Balaban J connectivity index is 2.30. The standard InChI is InChI=1S/C13H16ClNO5S/c1-9-2-3-10(6-11(9)14)21(18,19)15-13(7-12(16)17)4-5-20-8-13/h2-3,6,15H,4-5,7-8H2,1H3,(H,16,17). The first-order valence-corrected chi connectivity index (χ1v) is 8.20. The highest BCUT2D eigenvalue weighted by molar-refractivity contribution is 7.89. The van der Waals surface area contributed by atoms with E-state index in [0.717, 1.165) is 5.56 Å². The number of hydrogen-bond acceptors (Lipinski definition) is 4. The van der Waals surface area contributed by atoms with Crippen LogP contribution in [0.25, 0.3) is 0 Å². The number of ether oxygens (including phenoxy) is 1. The second kappa shape index (κ2) is 5.92. The Morgan fingerprint density at radius 2 is 2.24 bits per heavy atom. The Kier molecular flexibility index (Phi) is 4.57. The van der Waals surface area contributed by atoms with Gasteiger partial charge in [0.2, 0.25) is 10.0 Å². The van der Waals surface area contributed by atoms with Crippen molar-refractivity contribution in [2.75, 3.05) is 13.2 Å². The van der Waals surface area contributed by atoms with Crippen LogP contribution in [-0.2, 0) is 19.6 Å². The average Bonchev–Trinajstić information content (AvgIpc) is 2.78. The minimum Gasteiger partial charge on any atom is -0.481 e. The summed E-state index contributed by atoms with van der Waals surface area (Å²) >= 11 is 5.94. The Labute approximate surface area is 128 Å². The van der Waals surface area contributed by atoms with E-state index in [0.29, 0.717) is 18.1 Å². The van der Waals surface area contributed by atoms with Crippen LogP contribution in [0.2, 0.25) is 5.02 Å². The van der Waals surface area contributed by atoms with Gasteiger partial charge in [-0.15, -0.1) is 0 Å². The van der Waals surface area contributed by atoms with Gasteiger partial charge in [0.25, 0.3) is 0 Å². The Morgan fingerprint density at radius 3 is 2.76 bits per heavy atom. The maximum Gasteiger partial charge on any atom is 0.305 e. The van der Waals surface area contributed by atoms with Gasteiger partial charge in [0.15, 0.2) is 0 Å². The predicted octanol–water partition coefficient (Wildman–Crippen LogP) is 1.56. The highest BCUT2D eigenvalue weighted by Gasteiger charge is 2.41. The predicted molar refractivity (Wildman–Crippen MR) is 76.9 cm³/mol. The number of nitrogens with one attached hydrogen (secondary N) is 1. The fraction of sp³-hybridized carbons (Fsp3) is 0.462. The van der Waals surface area contributed by atoms with Crippen molar-refractivity contribution in [1.29, 1.82) is 0 Å². The van der Waals surface area contributed by atoms with Gasteiger partial charge in [-0.3, -0.25) is 4.79 Å². The highest BCUT2D eigenvalue weighted by Crippen LogP contribution is 2.27. The molecule has 21 heavy (non-hydrogen) atoms. The third-order valence-electron chi connectivity index (χ3n) is 3.40. The van der Waals surface area contributed by atoms with Crippen LogP contribution < -0.4 is 4.72 Å². The molecule has 116 valence electrons. The van der Waals surface area contributed by atoms with Gasteiger partial charge < -0.3 is 9.84 Å². The van der Waals surface area contributed by atoms with E-state index in [1.165, 1.54) is 12.1 Å². The molecule has 6 nitrogen and oxygen atoms in total. The van der Waals surface area contributed by atoms with Crippen molar-refractivity contribution in [3.63, 3.8) is 0 Å². The second-order valence-corrected chi connectivity index (χ2v) is 7.26. The summed E-state index contributed by atoms with van der Waals surface area (Å²) in [5, 5.41) is 9.32. The van der Waals surface area contributed by atoms with E-state index in [1.54, 1.807) is 13.0 Å². The Hall–Kier alpha value is -1.15. The van der Waals surface area contributed by atoms with Crippen molar-refractivity contribution in [2.24, 2.45) is 0 Å². The molecule has 2 rings (SSSR count). The van der Waals surface area contributed by atoms with Crippen molar-refractivity contribution in [3.8, 4) is 0 Å². The molecule has 1 unspecified atom stereocenters. The summed E-state index contributed by atoms with van der Waals surface area (Å²) in [6, 6.07) is 4.39. The van der Waals surface area contributed by atoms with Crippen molar-refractivity contribution >= 4 is 27.6 Å². The molecule has 1 fully saturated rings. The molecule has 1 heterocycles. The number of hydrogen-bond donors (Lipinski definition) is 2. The minimum atomic E-state index is -3.86. The van der Waals surface area contributed by atoms with Gasteiger partial charge in [-0.05, 0) is 31.0 Å². The Bertz CT molecular complexity index is 653. The van der Waals surface area contributed by atoms with Gasteiger partial charge in [-0.2, -0.15) is 0 Å². The van der Waals surface area contributed by atoms with Gasteiger partial charge in [0.05, 0.1) is 23.5 Å². The molecule has 1 aromatic carbocycles. The molecule has 0 radical (unpaired) electrons. The molecule has 0 spiro atoms. The molecule has 0 aromatic heterocycles. The van der Waals surface area contributed by atoms with E-state index < -0.39 is 21.5 Å². The number of halogens is 1. The number of sulfonamides is 1. The molecule has 1 aliphatic rings. The number of carboxylic acid groups (broad SMARTS) is 1. The van der Waals surface area contributed by atoms with Crippen molar-refractivity contribution in [2.45, 2.75) is 30.2 Å². The molecule has 0 saturated carbocycles. The molecule has 0 bridgehead atoms. The minimum absolute atomic E-state index is 0.00904. The third-order valence-corrected chi connectivity index (χ3v) is 5.38. The molecule has 0 amide bonds. The van der Waals surface area contributed by atoms with Gasteiger partial charge >= 0.3 is 5.97 Å². The van der Waals surface area contributed by atoms with Crippen LogP contribution in [0.4, 0.5) is 0 Å². The fourth-order valence-electron chi connectivity index (χ4n) is 2.24. The monoisotopic (exact) mass is 333 g/mol. The van der Waals surface area contributed by atoms with E-state index in [9.17, 15) is 13.2 Å². The highest BCUT2D eigenvalue weighted by atomic mass is 35.5. The summed E-state index contributed by atoms with van der Waals surface area (Å²) in [5.74, 6) is -1.08. The number of aryl methyl sites for hydroxylation is 1. The molecule has 2 N–H and O–H groups in total. The number of carbonyl (C=O) groups is 1. The van der Waals surface area contributed by atoms with E-state index in [-0.39, 0.29) is 17.9 Å². The lowest BCUT2D eigenvalue weighted by Gasteiger charge is -2.26. The van der Waals surface area contributed by atoms with Crippen LogP contribution in [0.3, 0.4) is 0 Å². The van der Waals surface area contributed by atoms with Gasteiger partial charge in [-0.1, -0.05) is 17.7 Å². The molecular formula is C13H16ClNO5S. The van der Waals surface area contributed by atoms with Crippen LogP contribution in [0.1, 0.15) is 18.4 Å². The maximum atomic E-state index is 12.4. The largest absolute Gasteiger partial charge is 0.481 e. The van der Waals surface area contributed by atoms with Gasteiger partial charge in [0.1, 0.15) is 0 Å². The molecule has 1 aliphatic heterocycles. The normalized spacial score (nSPS) is 22.4. The SMILES string of the molecule is Cc1ccc(S(=O)(=O)NC2(CC(=O)O)CCOC2)cc1Cl. The van der Waals surface area contributed by atoms with Gasteiger partial charge in [-0.25, -0.2) is 13.1 Å². The second-order valence-electron chi connectivity index (χ2n) is 5.17. The van der Waals surface area contributed by atoms with Crippen molar-refractivity contribution < 1.29 is 23.1 Å². The first kappa shape index (κ1) is 16.2. The maximum absolute atomic E-state index is 12.4. The summed E-state index contributed by atoms with van der Waals surface area (Å²) in [6.45, 7) is 2.13. The lowest BCUT2D eigenvalue weighted by Crippen LogP contribution is -2.50. The van der Waals surface area contributed by atoms with Crippen LogP contribution in [-0.4, -0.2) is 38.2 Å². The van der Waals surface area contributed by atoms with Crippen molar-refractivity contribution in [1.82, 2.24) is 4.72 Å². The van der Waals surface area contributed by atoms with E-state index in [1.807, 2.05) is 0 Å². The summed E-state index contributed by atoms with van der Waals surface area (Å²) in [7, 11) is -3.86. The average molecular weight is 334 g/mol. The molecule has 1 aromatic rings. The topological polar surface area (TPSA) is 92.7 Å². The zero-order valence-corrected chi connectivity index (χ0v) is 13.0. The zero-order valence-electron chi connectivity index (χ0n) is 11.4. The molecule has 1 atom stereocenters. The van der Waals surface area contributed by atoms with Crippen LogP contribution in [0, 0.1) is 6.92 Å². The first-order chi connectivity index (χ1) is 9.74. The van der Waals surface area contributed by atoms with Crippen molar-refractivity contribution in [3.05, 3.63) is 28.8 Å². The van der Waals surface area contributed by atoms with Crippen LogP contribution in [0.5, 0.6) is 0 Å². The first-order valence-electron chi connectivity index (χ1n) is 6.34. The lowest BCUT2D eigenvalue weighted by molar-refractivity contribution is -0.138. The molecule has 0 aliphatic carbocycles. The quantitative estimate of drug-likeness (QED) is 0.853. The van der Waals surface area contributed by atoms with Gasteiger partial charge in [0, 0.05) is 11.6 Å². The molecule has 1 saturated heterocycles. The molecule has 8 heteroatoms. The van der Waals surface area contributed by atoms with Crippen LogP contribution in [0.15, 0.2) is 23.1 Å². The van der Waals surface area contributed by atoms with Crippen LogP contribution >= 0.6 is 11.6 Å². The van der Waals surface area contributed by atoms with E-state index in [2.05, 4.69) is 4.72 Å². The van der Waals surface area contributed by atoms with E-state index >= 15 is 0 Å². The van der Waals surface area contributed by atoms with E-state index in [4.69, 9.17) is 21.4 Å².